The summed E-state index contributed by atoms with van der Waals surface area (Å²) in [6.45, 7) is 4.40. The van der Waals surface area contributed by atoms with E-state index in [1.165, 1.54) is 0 Å². The molecule has 0 unspecified atom stereocenters. The van der Waals surface area contributed by atoms with E-state index in [0.29, 0.717) is 19.0 Å². The SMILES string of the molecule is NC[C@H]1CCC[C@H]1C(=O)NCc1ccc(N2CCOCC2)nc1. The van der Waals surface area contributed by atoms with E-state index < -0.39 is 0 Å². The molecule has 0 spiro atoms. The zero-order valence-corrected chi connectivity index (χ0v) is 13.5. The summed E-state index contributed by atoms with van der Waals surface area (Å²) >= 11 is 0. The average molecular weight is 318 g/mol. The lowest BCUT2D eigenvalue weighted by Crippen LogP contribution is -2.36. The van der Waals surface area contributed by atoms with Gasteiger partial charge in [-0.05, 0) is 36.9 Å². The van der Waals surface area contributed by atoms with Crippen LogP contribution in [-0.2, 0) is 16.1 Å². The molecule has 1 amide bonds. The molecule has 6 nitrogen and oxygen atoms in total. The van der Waals surface area contributed by atoms with Crippen molar-refractivity contribution < 1.29 is 9.53 Å². The average Bonchev–Trinajstić information content (AvgIpc) is 3.10. The molecule has 2 fully saturated rings. The highest BCUT2D eigenvalue weighted by atomic mass is 16.5. The number of anilines is 1. The monoisotopic (exact) mass is 318 g/mol. The summed E-state index contributed by atoms with van der Waals surface area (Å²) in [6, 6.07) is 4.05. The smallest absolute Gasteiger partial charge is 0.223 e. The van der Waals surface area contributed by atoms with E-state index in [0.717, 1.165) is 56.9 Å². The fourth-order valence-corrected chi connectivity index (χ4v) is 3.49. The summed E-state index contributed by atoms with van der Waals surface area (Å²) in [5.74, 6) is 1.54. The summed E-state index contributed by atoms with van der Waals surface area (Å²) in [4.78, 5) is 19.0. The molecule has 1 saturated carbocycles. The van der Waals surface area contributed by atoms with Gasteiger partial charge in [-0.25, -0.2) is 4.98 Å². The Kier molecular flexibility index (Phi) is 5.46. The Labute approximate surface area is 137 Å². The molecule has 0 aromatic carbocycles. The molecular formula is C17H26N4O2. The largest absolute Gasteiger partial charge is 0.378 e. The standard InChI is InChI=1S/C17H26N4O2/c18-10-14-2-1-3-15(14)17(22)20-12-13-4-5-16(19-11-13)21-6-8-23-9-7-21/h4-5,11,14-15H,1-3,6-10,12,18H2,(H,20,22)/t14-,15-/m1/s1. The van der Waals surface area contributed by atoms with Crippen molar-refractivity contribution >= 4 is 11.7 Å². The number of nitrogens with one attached hydrogen (secondary N) is 1. The van der Waals surface area contributed by atoms with Crippen LogP contribution >= 0.6 is 0 Å². The van der Waals surface area contributed by atoms with Crippen molar-refractivity contribution in [2.75, 3.05) is 37.7 Å². The number of carbonyl (C=O) groups is 1. The van der Waals surface area contributed by atoms with Crippen LogP contribution in [0, 0.1) is 11.8 Å². The van der Waals surface area contributed by atoms with Crippen LogP contribution in [0.1, 0.15) is 24.8 Å². The third kappa shape index (κ3) is 4.00. The van der Waals surface area contributed by atoms with Crippen molar-refractivity contribution in [2.24, 2.45) is 17.6 Å². The van der Waals surface area contributed by atoms with Gasteiger partial charge in [0.25, 0.3) is 0 Å². The highest BCUT2D eigenvalue weighted by Crippen LogP contribution is 2.31. The second-order valence-electron chi connectivity index (χ2n) is 6.38. The number of nitrogens with zero attached hydrogens (tertiary/aromatic N) is 2. The van der Waals surface area contributed by atoms with E-state index in [1.807, 2.05) is 18.3 Å². The number of hydrogen-bond donors (Lipinski definition) is 2. The van der Waals surface area contributed by atoms with E-state index >= 15 is 0 Å². The third-order valence-corrected chi connectivity index (χ3v) is 4.91. The molecule has 2 heterocycles. The Bertz CT molecular complexity index is 514. The van der Waals surface area contributed by atoms with Crippen LogP contribution < -0.4 is 16.0 Å². The van der Waals surface area contributed by atoms with Gasteiger partial charge in [-0.15, -0.1) is 0 Å². The number of pyridine rings is 1. The minimum absolute atomic E-state index is 0.0839. The van der Waals surface area contributed by atoms with Crippen LogP contribution in [0.15, 0.2) is 18.3 Å². The molecule has 3 rings (SSSR count). The predicted octanol–water partition coefficient (Wildman–Crippen LogP) is 0.909. The number of nitrogens with two attached hydrogens (primary N) is 1. The first-order chi connectivity index (χ1) is 11.3. The van der Waals surface area contributed by atoms with Gasteiger partial charge in [-0.3, -0.25) is 4.79 Å². The van der Waals surface area contributed by atoms with Crippen LogP contribution in [0.4, 0.5) is 5.82 Å². The molecule has 1 aromatic heterocycles. The molecule has 23 heavy (non-hydrogen) atoms. The highest BCUT2D eigenvalue weighted by Gasteiger charge is 2.31. The van der Waals surface area contributed by atoms with Crippen molar-refractivity contribution in [1.29, 1.82) is 0 Å². The zero-order chi connectivity index (χ0) is 16.1. The maximum Gasteiger partial charge on any atom is 0.223 e. The van der Waals surface area contributed by atoms with Crippen LogP contribution in [0.25, 0.3) is 0 Å². The fraction of sp³-hybridized carbons (Fsp3) is 0.647. The molecule has 1 aromatic rings. The van der Waals surface area contributed by atoms with Crippen LogP contribution in [0.5, 0.6) is 0 Å². The molecule has 0 radical (unpaired) electrons. The summed E-state index contributed by atoms with van der Waals surface area (Å²) < 4.78 is 5.35. The first-order valence-corrected chi connectivity index (χ1v) is 8.53. The summed E-state index contributed by atoms with van der Waals surface area (Å²) in [7, 11) is 0. The molecule has 126 valence electrons. The Morgan fingerprint density at radius 3 is 2.87 bits per heavy atom. The summed E-state index contributed by atoms with van der Waals surface area (Å²) in [5, 5.41) is 3.04. The van der Waals surface area contributed by atoms with Crippen LogP contribution in [0.2, 0.25) is 0 Å². The number of carbonyl (C=O) groups excluding carboxylic acids is 1. The lowest BCUT2D eigenvalue weighted by molar-refractivity contribution is -0.126. The van der Waals surface area contributed by atoms with E-state index in [4.69, 9.17) is 10.5 Å². The number of ether oxygens (including phenoxy) is 1. The Hall–Kier alpha value is -1.66. The first-order valence-electron chi connectivity index (χ1n) is 8.53. The highest BCUT2D eigenvalue weighted by molar-refractivity contribution is 5.79. The molecule has 3 N–H and O–H groups in total. The van der Waals surface area contributed by atoms with E-state index in [1.54, 1.807) is 0 Å². The van der Waals surface area contributed by atoms with Gasteiger partial charge in [0.2, 0.25) is 5.91 Å². The van der Waals surface area contributed by atoms with Gasteiger partial charge in [0, 0.05) is 31.7 Å². The number of morpholine rings is 1. The minimum Gasteiger partial charge on any atom is -0.378 e. The lowest BCUT2D eigenvalue weighted by Gasteiger charge is -2.27. The van der Waals surface area contributed by atoms with E-state index in [9.17, 15) is 4.79 Å². The van der Waals surface area contributed by atoms with Gasteiger partial charge in [0.1, 0.15) is 5.82 Å². The lowest BCUT2D eigenvalue weighted by atomic mass is 9.95. The predicted molar refractivity (Wildman–Crippen MR) is 89.0 cm³/mol. The molecule has 2 atom stereocenters. The quantitative estimate of drug-likeness (QED) is 0.843. The van der Waals surface area contributed by atoms with Gasteiger partial charge in [-0.1, -0.05) is 12.5 Å². The van der Waals surface area contributed by atoms with Crippen molar-refractivity contribution in [3.8, 4) is 0 Å². The molecule has 1 aliphatic heterocycles. The van der Waals surface area contributed by atoms with Gasteiger partial charge in [0.05, 0.1) is 13.2 Å². The van der Waals surface area contributed by atoms with Crippen LogP contribution in [-0.4, -0.2) is 43.7 Å². The Morgan fingerprint density at radius 2 is 2.17 bits per heavy atom. The molecule has 1 aliphatic carbocycles. The van der Waals surface area contributed by atoms with Crippen molar-refractivity contribution in [3.05, 3.63) is 23.9 Å². The fourth-order valence-electron chi connectivity index (χ4n) is 3.49. The maximum absolute atomic E-state index is 12.3. The first kappa shape index (κ1) is 16.2. The van der Waals surface area contributed by atoms with E-state index in [2.05, 4.69) is 15.2 Å². The molecule has 6 heteroatoms. The topological polar surface area (TPSA) is 80.5 Å². The second kappa shape index (κ2) is 7.75. The van der Waals surface area contributed by atoms with E-state index in [-0.39, 0.29) is 11.8 Å². The normalized spacial score (nSPS) is 24.7. The molecule has 1 saturated heterocycles. The Balaban J connectivity index is 1.51. The van der Waals surface area contributed by atoms with Gasteiger partial charge in [-0.2, -0.15) is 0 Å². The summed E-state index contributed by atoms with van der Waals surface area (Å²) in [6.07, 6.45) is 4.99. The van der Waals surface area contributed by atoms with Crippen molar-refractivity contribution in [2.45, 2.75) is 25.8 Å². The minimum atomic E-state index is 0.0839. The van der Waals surface area contributed by atoms with Gasteiger partial charge in [0.15, 0.2) is 0 Å². The molecule has 2 aliphatic rings. The maximum atomic E-state index is 12.3. The third-order valence-electron chi connectivity index (χ3n) is 4.91. The number of amides is 1. The van der Waals surface area contributed by atoms with Crippen molar-refractivity contribution in [3.63, 3.8) is 0 Å². The second-order valence-corrected chi connectivity index (χ2v) is 6.38. The number of aromatic nitrogens is 1. The zero-order valence-electron chi connectivity index (χ0n) is 13.5. The van der Waals surface area contributed by atoms with Crippen molar-refractivity contribution in [1.82, 2.24) is 10.3 Å². The summed E-state index contributed by atoms with van der Waals surface area (Å²) in [5.41, 5.74) is 6.78. The molecule has 0 bridgehead atoms. The molecular weight excluding hydrogens is 292 g/mol. The Morgan fingerprint density at radius 1 is 1.35 bits per heavy atom. The van der Waals surface area contributed by atoms with Gasteiger partial charge >= 0.3 is 0 Å². The number of hydrogen-bond acceptors (Lipinski definition) is 5. The van der Waals surface area contributed by atoms with Gasteiger partial charge < -0.3 is 20.7 Å². The number of rotatable bonds is 5. The van der Waals surface area contributed by atoms with Crippen LogP contribution in [0.3, 0.4) is 0 Å².